The molecule has 1 aliphatic rings. The summed E-state index contributed by atoms with van der Waals surface area (Å²) in [7, 11) is 1.23. The van der Waals surface area contributed by atoms with Crippen LogP contribution < -0.4 is 10.1 Å². The number of ether oxygens (including phenoxy) is 2. The number of aliphatic imine (C=N–C) groups is 1. The molecule has 0 spiro atoms. The maximum Gasteiger partial charge on any atom is 0.341 e. The van der Waals surface area contributed by atoms with E-state index in [0.29, 0.717) is 15.8 Å². The number of amides is 1. The van der Waals surface area contributed by atoms with Crippen molar-refractivity contribution in [3.05, 3.63) is 64.6 Å². The van der Waals surface area contributed by atoms with Crippen molar-refractivity contribution >= 4 is 46.5 Å². The van der Waals surface area contributed by atoms with Crippen molar-refractivity contribution in [1.29, 1.82) is 0 Å². The molecule has 1 N–H and O–H groups in total. The molecule has 142 valence electrons. The van der Waals surface area contributed by atoms with E-state index in [1.54, 1.807) is 12.1 Å². The number of nitrogens with zero attached hydrogens (tertiary/aromatic N) is 1. The molecule has 3 rings (SSSR count). The Morgan fingerprint density at radius 2 is 1.89 bits per heavy atom. The van der Waals surface area contributed by atoms with Gasteiger partial charge in [0.15, 0.2) is 5.17 Å². The van der Waals surface area contributed by atoms with Gasteiger partial charge < -0.3 is 14.8 Å². The summed E-state index contributed by atoms with van der Waals surface area (Å²) in [4.78, 5) is 40.2. The number of amidine groups is 1. The number of hydrogen-bond acceptors (Lipinski definition) is 7. The molecule has 7 nitrogen and oxygen atoms in total. The van der Waals surface area contributed by atoms with E-state index in [-0.39, 0.29) is 17.2 Å². The topological polar surface area (TPSA) is 94.1 Å². The zero-order chi connectivity index (χ0) is 20.1. The Labute approximate surface area is 165 Å². The number of nitrogens with one attached hydrogen (secondary N) is 1. The number of esters is 2. The van der Waals surface area contributed by atoms with E-state index >= 15 is 0 Å². The molecule has 0 radical (unpaired) electrons. The Kier molecular flexibility index (Phi) is 5.90. The highest BCUT2D eigenvalue weighted by Crippen LogP contribution is 2.30. The number of carbonyl (C=O) groups is 3. The van der Waals surface area contributed by atoms with Crippen molar-refractivity contribution in [3.63, 3.8) is 0 Å². The van der Waals surface area contributed by atoms with Crippen LogP contribution in [0.25, 0.3) is 6.08 Å². The Bertz CT molecular complexity index is 999. The second kappa shape index (κ2) is 8.53. The van der Waals surface area contributed by atoms with Gasteiger partial charge in [0, 0.05) is 6.92 Å². The van der Waals surface area contributed by atoms with E-state index in [9.17, 15) is 14.4 Å². The lowest BCUT2D eigenvalue weighted by molar-refractivity contribution is -0.131. The van der Waals surface area contributed by atoms with E-state index in [1.807, 2.05) is 30.3 Å². The number of thioether (sulfide) groups is 1. The highest BCUT2D eigenvalue weighted by molar-refractivity contribution is 8.18. The fourth-order valence-electron chi connectivity index (χ4n) is 2.40. The molecule has 1 amide bonds. The summed E-state index contributed by atoms with van der Waals surface area (Å²) < 4.78 is 9.74. The molecule has 0 bridgehead atoms. The molecule has 1 heterocycles. The predicted octanol–water partition coefficient (Wildman–Crippen LogP) is 3.29. The largest absolute Gasteiger partial charge is 0.465 e. The molecule has 1 saturated heterocycles. The van der Waals surface area contributed by atoms with Crippen LogP contribution >= 0.6 is 11.8 Å². The van der Waals surface area contributed by atoms with Crippen molar-refractivity contribution in [1.82, 2.24) is 5.32 Å². The van der Waals surface area contributed by atoms with Crippen LogP contribution in [-0.2, 0) is 14.3 Å². The molecule has 0 unspecified atom stereocenters. The average Bonchev–Trinajstić information content (AvgIpc) is 3.01. The van der Waals surface area contributed by atoms with Gasteiger partial charge in [-0.2, -0.15) is 0 Å². The molecule has 2 aromatic rings. The maximum atomic E-state index is 12.2. The fourth-order valence-corrected chi connectivity index (χ4v) is 3.24. The quantitative estimate of drug-likeness (QED) is 0.484. The average molecular weight is 396 g/mol. The molecule has 8 heteroatoms. The first-order valence-electron chi connectivity index (χ1n) is 8.21. The lowest BCUT2D eigenvalue weighted by atomic mass is 10.2. The summed E-state index contributed by atoms with van der Waals surface area (Å²) in [6.45, 7) is 1.24. The minimum atomic E-state index is -0.661. The van der Waals surface area contributed by atoms with Gasteiger partial charge in [0.2, 0.25) is 0 Å². The highest BCUT2D eigenvalue weighted by atomic mass is 32.2. The molecule has 0 aromatic heterocycles. The lowest BCUT2D eigenvalue weighted by Crippen LogP contribution is -2.19. The van der Waals surface area contributed by atoms with Crippen LogP contribution in [0.3, 0.4) is 0 Å². The fraction of sp³-hybridized carbons (Fsp3) is 0.100. The van der Waals surface area contributed by atoms with Gasteiger partial charge in [0.25, 0.3) is 5.91 Å². The lowest BCUT2D eigenvalue weighted by Gasteiger charge is -2.08. The Morgan fingerprint density at radius 1 is 1.14 bits per heavy atom. The van der Waals surface area contributed by atoms with Gasteiger partial charge in [-0.3, -0.25) is 9.59 Å². The van der Waals surface area contributed by atoms with Crippen LogP contribution in [0.2, 0.25) is 0 Å². The van der Waals surface area contributed by atoms with E-state index in [1.165, 1.54) is 37.9 Å². The molecule has 1 aliphatic heterocycles. The molecule has 28 heavy (non-hydrogen) atoms. The van der Waals surface area contributed by atoms with Crippen molar-refractivity contribution in [2.45, 2.75) is 6.92 Å². The molecule has 0 saturated carbocycles. The Morgan fingerprint density at radius 3 is 2.57 bits per heavy atom. The zero-order valence-electron chi connectivity index (χ0n) is 15.1. The predicted molar refractivity (Wildman–Crippen MR) is 106 cm³/mol. The smallest absolute Gasteiger partial charge is 0.341 e. The number of carbonyl (C=O) groups excluding carboxylic acids is 3. The summed E-state index contributed by atoms with van der Waals surface area (Å²) in [6.07, 6.45) is 1.77. The van der Waals surface area contributed by atoms with Gasteiger partial charge >= 0.3 is 11.9 Å². The van der Waals surface area contributed by atoms with Crippen molar-refractivity contribution in [3.8, 4) is 5.75 Å². The number of rotatable bonds is 4. The third-order valence-electron chi connectivity index (χ3n) is 3.60. The summed E-state index contributed by atoms with van der Waals surface area (Å²) in [5.74, 6) is -1.39. The van der Waals surface area contributed by atoms with Gasteiger partial charge in [-0.25, -0.2) is 9.79 Å². The summed E-state index contributed by atoms with van der Waals surface area (Å²) >= 11 is 1.19. The van der Waals surface area contributed by atoms with Crippen molar-refractivity contribution in [2.24, 2.45) is 4.99 Å². The summed E-state index contributed by atoms with van der Waals surface area (Å²) in [5, 5.41) is 3.06. The van der Waals surface area contributed by atoms with E-state index in [4.69, 9.17) is 9.47 Å². The van der Waals surface area contributed by atoms with Gasteiger partial charge in [-0.1, -0.05) is 30.3 Å². The second-order valence-corrected chi connectivity index (χ2v) is 6.69. The van der Waals surface area contributed by atoms with Crippen LogP contribution in [0.4, 0.5) is 5.69 Å². The minimum Gasteiger partial charge on any atom is -0.465 e. The third-order valence-corrected chi connectivity index (χ3v) is 4.51. The number of methoxy groups -OCH3 is 1. The van der Waals surface area contributed by atoms with Crippen LogP contribution in [0.5, 0.6) is 5.75 Å². The van der Waals surface area contributed by atoms with Crippen LogP contribution in [-0.4, -0.2) is 30.1 Å². The standard InChI is InChI=1S/C20H16N2O5S/c1-12(23)27-16-9-8-14(11-15(16)19(25)26-2)21-20-22-18(24)17(28-20)10-13-6-4-3-5-7-13/h3-11H,1-2H3,(H,21,22,24). The van der Waals surface area contributed by atoms with Gasteiger partial charge in [-0.15, -0.1) is 0 Å². The van der Waals surface area contributed by atoms with E-state index in [0.717, 1.165) is 5.56 Å². The Balaban J connectivity index is 1.87. The summed E-state index contributed by atoms with van der Waals surface area (Å²) in [6, 6.07) is 13.9. The third kappa shape index (κ3) is 4.66. The van der Waals surface area contributed by atoms with Crippen molar-refractivity contribution < 1.29 is 23.9 Å². The first-order valence-corrected chi connectivity index (χ1v) is 9.03. The van der Waals surface area contributed by atoms with E-state index in [2.05, 4.69) is 10.3 Å². The minimum absolute atomic E-state index is 0.0638. The Hall–Kier alpha value is -3.39. The number of benzene rings is 2. The molecular weight excluding hydrogens is 380 g/mol. The SMILES string of the molecule is COC(=O)c1cc(N=C2NC(=O)C(=Cc3ccccc3)S2)ccc1OC(C)=O. The highest BCUT2D eigenvalue weighted by Gasteiger charge is 2.24. The molecule has 0 atom stereocenters. The second-order valence-electron chi connectivity index (χ2n) is 5.66. The van der Waals surface area contributed by atoms with Crippen LogP contribution in [0.1, 0.15) is 22.8 Å². The molecule has 2 aromatic carbocycles. The number of hydrogen-bond donors (Lipinski definition) is 1. The first kappa shape index (κ1) is 19.4. The van der Waals surface area contributed by atoms with E-state index < -0.39 is 11.9 Å². The van der Waals surface area contributed by atoms with Gasteiger partial charge in [0.05, 0.1) is 17.7 Å². The van der Waals surface area contributed by atoms with Gasteiger partial charge in [0.1, 0.15) is 11.3 Å². The van der Waals surface area contributed by atoms with Crippen LogP contribution in [0.15, 0.2) is 58.4 Å². The first-order chi connectivity index (χ1) is 13.5. The van der Waals surface area contributed by atoms with Crippen LogP contribution in [0, 0.1) is 0 Å². The summed E-state index contributed by atoms with van der Waals surface area (Å²) in [5.41, 5.74) is 1.37. The molecular formula is C20H16N2O5S. The zero-order valence-corrected chi connectivity index (χ0v) is 15.9. The monoisotopic (exact) mass is 396 g/mol. The van der Waals surface area contributed by atoms with Gasteiger partial charge in [-0.05, 0) is 41.6 Å². The maximum absolute atomic E-state index is 12.2. The molecule has 0 aliphatic carbocycles. The normalized spacial score (nSPS) is 16.1. The molecule has 1 fully saturated rings. The van der Waals surface area contributed by atoms with Crippen molar-refractivity contribution in [2.75, 3.05) is 7.11 Å².